The molecule has 0 aliphatic carbocycles. The van der Waals surface area contributed by atoms with Crippen LogP contribution in [0.4, 0.5) is 10.2 Å². The largest absolute Gasteiger partial charge is 0.480 e. The molecule has 0 aliphatic rings. The highest BCUT2D eigenvalue weighted by Gasteiger charge is 2.18. The van der Waals surface area contributed by atoms with E-state index >= 15 is 0 Å². The van der Waals surface area contributed by atoms with E-state index in [0.29, 0.717) is 18.7 Å². The molecule has 0 spiro atoms. The Morgan fingerprint density at radius 1 is 1.03 bits per heavy atom. The molecule has 7 nitrogen and oxygen atoms in total. The van der Waals surface area contributed by atoms with Crippen molar-refractivity contribution in [2.24, 2.45) is 5.92 Å². The van der Waals surface area contributed by atoms with Crippen LogP contribution in [0.3, 0.4) is 0 Å². The lowest BCUT2D eigenvalue weighted by molar-refractivity contribution is -0.139. The van der Waals surface area contributed by atoms with Gasteiger partial charge < -0.3 is 16.2 Å². The summed E-state index contributed by atoms with van der Waals surface area (Å²) < 4.78 is 14.5. The molecule has 0 saturated carbocycles. The first-order valence-electron chi connectivity index (χ1n) is 11.5. The number of anilines is 1. The van der Waals surface area contributed by atoms with E-state index in [0.717, 1.165) is 18.4 Å². The van der Waals surface area contributed by atoms with Crippen LogP contribution in [0, 0.1) is 11.7 Å². The predicted molar refractivity (Wildman–Crippen MR) is 133 cm³/mol. The Bertz CT molecular complexity index is 1230. The minimum absolute atomic E-state index is 0.00800. The number of aryl methyl sites for hydroxylation is 1. The van der Waals surface area contributed by atoms with E-state index < -0.39 is 23.6 Å². The van der Waals surface area contributed by atoms with Crippen molar-refractivity contribution in [2.45, 2.75) is 39.2 Å². The zero-order valence-electron chi connectivity index (χ0n) is 19.8. The summed E-state index contributed by atoms with van der Waals surface area (Å²) in [6.07, 6.45) is 2.06. The smallest absolute Gasteiger partial charge is 0.320 e. The third-order valence-corrected chi connectivity index (χ3v) is 5.71. The van der Waals surface area contributed by atoms with Crippen molar-refractivity contribution in [3.05, 3.63) is 93.5 Å². The van der Waals surface area contributed by atoms with Gasteiger partial charge in [-0.05, 0) is 79.8 Å². The van der Waals surface area contributed by atoms with Crippen LogP contribution in [-0.4, -0.2) is 34.0 Å². The van der Waals surface area contributed by atoms with Crippen molar-refractivity contribution in [3.8, 4) is 5.69 Å². The number of aliphatic carboxylic acids is 1. The van der Waals surface area contributed by atoms with Crippen molar-refractivity contribution in [1.82, 2.24) is 9.88 Å². The molecule has 0 unspecified atom stereocenters. The monoisotopic (exact) mass is 479 g/mol. The lowest BCUT2D eigenvalue weighted by atomic mass is 10.0. The molecule has 4 N–H and O–H groups in total. The molecule has 184 valence electrons. The minimum atomic E-state index is -0.841. The predicted octanol–water partition coefficient (Wildman–Crippen LogP) is 3.81. The first-order chi connectivity index (χ1) is 16.7. The third-order valence-electron chi connectivity index (χ3n) is 5.71. The molecular weight excluding hydrogens is 449 g/mol. The number of nitrogens with zero attached hydrogens (tertiary/aromatic N) is 1. The number of carbonyl (C=O) groups is 2. The number of pyridine rings is 1. The molecular formula is C27H30FN3O4. The maximum atomic E-state index is 13.2. The van der Waals surface area contributed by atoms with Crippen molar-refractivity contribution < 1.29 is 19.1 Å². The van der Waals surface area contributed by atoms with E-state index in [4.69, 9.17) is 5.73 Å². The summed E-state index contributed by atoms with van der Waals surface area (Å²) in [6.45, 7) is 4.56. The number of carbonyl (C=O) groups excluding carboxylic acids is 1. The molecule has 1 aromatic heterocycles. The summed E-state index contributed by atoms with van der Waals surface area (Å²) in [5, 5.41) is 12.4. The summed E-state index contributed by atoms with van der Waals surface area (Å²) in [7, 11) is 0. The summed E-state index contributed by atoms with van der Waals surface area (Å²) >= 11 is 0. The Morgan fingerprint density at radius 3 is 2.29 bits per heavy atom. The fourth-order valence-corrected chi connectivity index (χ4v) is 3.89. The molecule has 3 rings (SSSR count). The molecule has 0 bridgehead atoms. The molecule has 35 heavy (non-hydrogen) atoms. The number of ketones is 1. The Hall–Kier alpha value is -3.78. The highest BCUT2D eigenvalue weighted by molar-refractivity contribution is 6.11. The van der Waals surface area contributed by atoms with Gasteiger partial charge in [-0.3, -0.25) is 19.0 Å². The Labute approximate surface area is 203 Å². The number of carboxylic acids is 1. The number of halogens is 1. The lowest BCUT2D eigenvalue weighted by Crippen LogP contribution is -2.38. The molecule has 0 fully saturated rings. The summed E-state index contributed by atoms with van der Waals surface area (Å²) in [5.41, 5.74) is 7.81. The van der Waals surface area contributed by atoms with Crippen LogP contribution < -0.4 is 16.6 Å². The topological polar surface area (TPSA) is 114 Å². The van der Waals surface area contributed by atoms with Crippen molar-refractivity contribution in [1.29, 1.82) is 0 Å². The second-order valence-corrected chi connectivity index (χ2v) is 8.89. The van der Waals surface area contributed by atoms with Crippen LogP contribution in [0.25, 0.3) is 5.69 Å². The summed E-state index contributed by atoms with van der Waals surface area (Å²) in [6, 6.07) is 14.5. The normalized spacial score (nSPS) is 12.0. The van der Waals surface area contributed by atoms with E-state index in [1.54, 1.807) is 12.1 Å². The number of hydrogen-bond donors (Lipinski definition) is 3. The summed E-state index contributed by atoms with van der Waals surface area (Å²) in [5.74, 6) is -1.40. The van der Waals surface area contributed by atoms with Crippen LogP contribution >= 0.6 is 0 Å². The van der Waals surface area contributed by atoms with Crippen LogP contribution in [0.1, 0.15) is 48.2 Å². The molecule has 0 amide bonds. The minimum Gasteiger partial charge on any atom is -0.480 e. The van der Waals surface area contributed by atoms with Crippen molar-refractivity contribution in [2.75, 3.05) is 12.3 Å². The average Bonchev–Trinajstić information content (AvgIpc) is 2.82. The highest BCUT2D eigenvalue weighted by Crippen LogP contribution is 2.20. The standard InChI is InChI=1S/C27H30FN3O4/c1-17(2)16-23(27(34)35)30-15-3-4-18-5-11-21(12-6-18)31-24(32)14-13-22(26(31)29)25(33)19-7-9-20(28)10-8-19/h5-14,17,23,30H,3-4,15-16,29H2,1-2H3,(H,34,35)/t23-/m0/s1. The van der Waals surface area contributed by atoms with Gasteiger partial charge in [0.25, 0.3) is 5.56 Å². The van der Waals surface area contributed by atoms with Crippen LogP contribution in [0.5, 0.6) is 0 Å². The average molecular weight is 480 g/mol. The second-order valence-electron chi connectivity index (χ2n) is 8.89. The van der Waals surface area contributed by atoms with Gasteiger partial charge in [0.05, 0.1) is 11.3 Å². The van der Waals surface area contributed by atoms with E-state index in [2.05, 4.69) is 5.32 Å². The summed E-state index contributed by atoms with van der Waals surface area (Å²) in [4.78, 5) is 36.8. The Morgan fingerprint density at radius 2 is 1.69 bits per heavy atom. The van der Waals surface area contributed by atoms with Crippen molar-refractivity contribution >= 4 is 17.6 Å². The quantitative estimate of drug-likeness (QED) is 0.285. The van der Waals surface area contributed by atoms with Gasteiger partial charge in [0.15, 0.2) is 5.78 Å². The number of rotatable bonds is 11. The van der Waals surface area contributed by atoms with E-state index in [-0.39, 0.29) is 28.4 Å². The van der Waals surface area contributed by atoms with Gasteiger partial charge in [0, 0.05) is 11.6 Å². The van der Waals surface area contributed by atoms with Crippen LogP contribution in [0.15, 0.2) is 65.5 Å². The van der Waals surface area contributed by atoms with Gasteiger partial charge in [-0.2, -0.15) is 0 Å². The fraction of sp³-hybridized carbons (Fsp3) is 0.296. The maximum absolute atomic E-state index is 13.2. The lowest BCUT2D eigenvalue weighted by Gasteiger charge is -2.16. The molecule has 0 radical (unpaired) electrons. The molecule has 1 atom stereocenters. The number of nitrogens with one attached hydrogen (secondary N) is 1. The zero-order chi connectivity index (χ0) is 25.5. The Kier molecular flexibility index (Phi) is 8.54. The van der Waals surface area contributed by atoms with E-state index in [9.17, 15) is 23.9 Å². The number of hydrogen-bond acceptors (Lipinski definition) is 5. The highest BCUT2D eigenvalue weighted by atomic mass is 19.1. The SMILES string of the molecule is CC(C)C[C@H](NCCCc1ccc(-n2c(N)c(C(=O)c3ccc(F)cc3)ccc2=O)cc1)C(=O)O. The first kappa shape index (κ1) is 25.8. The number of carboxylic acid groups (broad SMARTS) is 1. The fourth-order valence-electron chi connectivity index (χ4n) is 3.89. The van der Waals surface area contributed by atoms with Crippen molar-refractivity contribution in [3.63, 3.8) is 0 Å². The van der Waals surface area contributed by atoms with Gasteiger partial charge in [0.1, 0.15) is 17.7 Å². The van der Waals surface area contributed by atoms with Gasteiger partial charge in [-0.1, -0.05) is 26.0 Å². The maximum Gasteiger partial charge on any atom is 0.320 e. The second kappa shape index (κ2) is 11.6. The Balaban J connectivity index is 1.70. The molecule has 3 aromatic rings. The number of nitrogens with two attached hydrogens (primary N) is 1. The molecule has 2 aromatic carbocycles. The third kappa shape index (κ3) is 6.64. The number of nitrogen functional groups attached to an aromatic ring is 1. The van der Waals surface area contributed by atoms with Crippen LogP contribution in [-0.2, 0) is 11.2 Å². The van der Waals surface area contributed by atoms with E-state index in [1.165, 1.54) is 41.0 Å². The molecule has 8 heteroatoms. The first-order valence-corrected chi connectivity index (χ1v) is 11.5. The van der Waals surface area contributed by atoms with Gasteiger partial charge in [-0.25, -0.2) is 4.39 Å². The molecule has 0 aliphatic heterocycles. The molecule has 0 saturated heterocycles. The number of benzene rings is 2. The van der Waals surface area contributed by atoms with E-state index in [1.807, 2.05) is 26.0 Å². The van der Waals surface area contributed by atoms with Gasteiger partial charge >= 0.3 is 5.97 Å². The van der Waals surface area contributed by atoms with Crippen LogP contribution in [0.2, 0.25) is 0 Å². The molecule has 1 heterocycles. The zero-order valence-corrected chi connectivity index (χ0v) is 19.8. The van der Waals surface area contributed by atoms with Gasteiger partial charge in [-0.15, -0.1) is 0 Å². The van der Waals surface area contributed by atoms with Gasteiger partial charge in [0.2, 0.25) is 0 Å². The number of aromatic nitrogens is 1.